The summed E-state index contributed by atoms with van der Waals surface area (Å²) >= 11 is 0. The number of amides is 2. The minimum absolute atomic E-state index is 0.00913. The first-order valence-corrected chi connectivity index (χ1v) is 14.0. The number of hydrogen-bond acceptors (Lipinski definition) is 4. The Labute approximate surface area is 224 Å². The van der Waals surface area contributed by atoms with Gasteiger partial charge in [-0.3, -0.25) is 13.9 Å². The number of sulfonamides is 1. The molecule has 1 N–H and O–H groups in total. The zero-order valence-electron chi connectivity index (χ0n) is 22.1. The number of benzene rings is 3. The number of carbonyl (C=O) groups is 2. The van der Waals surface area contributed by atoms with E-state index in [1.54, 1.807) is 25.1 Å². The van der Waals surface area contributed by atoms with Crippen LogP contribution in [-0.4, -0.2) is 43.8 Å². The van der Waals surface area contributed by atoms with Crippen molar-refractivity contribution in [1.82, 2.24) is 10.2 Å². The van der Waals surface area contributed by atoms with Crippen LogP contribution in [0, 0.1) is 12.7 Å². The van der Waals surface area contributed by atoms with Crippen LogP contribution >= 0.6 is 0 Å². The van der Waals surface area contributed by atoms with Gasteiger partial charge in [0.1, 0.15) is 18.4 Å². The van der Waals surface area contributed by atoms with Gasteiger partial charge >= 0.3 is 0 Å². The van der Waals surface area contributed by atoms with E-state index in [0.717, 1.165) is 34.0 Å². The van der Waals surface area contributed by atoms with Crippen LogP contribution in [0.15, 0.2) is 83.8 Å². The first-order valence-electron chi connectivity index (χ1n) is 12.5. The number of carbonyl (C=O) groups excluding carboxylic acids is 2. The second kappa shape index (κ2) is 12.7. The van der Waals surface area contributed by atoms with E-state index in [0.29, 0.717) is 0 Å². The van der Waals surface area contributed by atoms with Gasteiger partial charge in [0.15, 0.2) is 0 Å². The lowest BCUT2D eigenvalue weighted by molar-refractivity contribution is -0.139. The molecule has 0 fully saturated rings. The highest BCUT2D eigenvalue weighted by atomic mass is 32.2. The van der Waals surface area contributed by atoms with E-state index in [1.165, 1.54) is 29.2 Å². The zero-order valence-corrected chi connectivity index (χ0v) is 22.9. The summed E-state index contributed by atoms with van der Waals surface area (Å²) in [7, 11) is -4.18. The van der Waals surface area contributed by atoms with E-state index in [9.17, 15) is 22.4 Å². The van der Waals surface area contributed by atoms with Gasteiger partial charge in [-0.05, 0) is 74.7 Å². The molecule has 0 aliphatic rings. The number of anilines is 1. The molecule has 0 heterocycles. The topological polar surface area (TPSA) is 86.8 Å². The third kappa shape index (κ3) is 6.98. The quantitative estimate of drug-likeness (QED) is 0.384. The van der Waals surface area contributed by atoms with E-state index in [1.807, 2.05) is 45.0 Å². The predicted octanol–water partition coefficient (Wildman–Crippen LogP) is 4.66. The normalized spacial score (nSPS) is 12.9. The van der Waals surface area contributed by atoms with Crippen LogP contribution in [0.25, 0.3) is 0 Å². The summed E-state index contributed by atoms with van der Waals surface area (Å²) in [5, 5.41) is 2.91. The first-order chi connectivity index (χ1) is 18.0. The Balaban J connectivity index is 2.02. The molecule has 0 bridgehead atoms. The molecule has 0 unspecified atom stereocenters. The maximum absolute atomic E-state index is 13.9. The van der Waals surface area contributed by atoms with E-state index in [-0.39, 0.29) is 29.1 Å². The third-order valence-corrected chi connectivity index (χ3v) is 8.28. The maximum Gasteiger partial charge on any atom is 0.264 e. The number of aryl methyl sites for hydroxylation is 1. The molecule has 2 amide bonds. The molecule has 202 valence electrons. The number of rotatable bonds is 11. The van der Waals surface area contributed by atoms with E-state index in [2.05, 4.69) is 5.32 Å². The third-order valence-electron chi connectivity index (χ3n) is 6.49. The maximum atomic E-state index is 13.9. The van der Waals surface area contributed by atoms with Gasteiger partial charge in [-0.2, -0.15) is 0 Å². The Morgan fingerprint density at radius 2 is 1.53 bits per heavy atom. The Morgan fingerprint density at radius 1 is 0.921 bits per heavy atom. The molecule has 38 heavy (non-hydrogen) atoms. The van der Waals surface area contributed by atoms with Crippen molar-refractivity contribution in [2.45, 2.75) is 57.6 Å². The molecule has 0 radical (unpaired) electrons. The largest absolute Gasteiger partial charge is 0.352 e. The van der Waals surface area contributed by atoms with Crippen LogP contribution in [0.3, 0.4) is 0 Å². The second-order valence-corrected chi connectivity index (χ2v) is 11.1. The fourth-order valence-electron chi connectivity index (χ4n) is 3.87. The Morgan fingerprint density at radius 3 is 2.13 bits per heavy atom. The fraction of sp³-hybridized carbons (Fsp3) is 0.310. The average Bonchev–Trinajstić information content (AvgIpc) is 2.91. The van der Waals surface area contributed by atoms with E-state index < -0.39 is 34.3 Å². The lowest BCUT2D eigenvalue weighted by Gasteiger charge is -2.32. The molecule has 3 rings (SSSR count). The van der Waals surface area contributed by atoms with Crippen LogP contribution in [0.1, 0.15) is 38.3 Å². The van der Waals surface area contributed by atoms with Crippen LogP contribution in [0.4, 0.5) is 10.1 Å². The molecule has 0 aliphatic heterocycles. The van der Waals surface area contributed by atoms with Gasteiger partial charge in [0, 0.05) is 12.6 Å². The van der Waals surface area contributed by atoms with Crippen molar-refractivity contribution < 1.29 is 22.4 Å². The summed E-state index contributed by atoms with van der Waals surface area (Å²) in [4.78, 5) is 28.3. The smallest absolute Gasteiger partial charge is 0.264 e. The van der Waals surface area contributed by atoms with Gasteiger partial charge in [0.25, 0.3) is 10.0 Å². The summed E-state index contributed by atoms with van der Waals surface area (Å²) in [5.74, 6) is -1.43. The number of nitrogens with zero attached hydrogens (tertiary/aromatic N) is 2. The average molecular weight is 540 g/mol. The van der Waals surface area contributed by atoms with Gasteiger partial charge < -0.3 is 10.2 Å². The van der Waals surface area contributed by atoms with E-state index >= 15 is 0 Å². The predicted molar refractivity (Wildman–Crippen MR) is 146 cm³/mol. The summed E-state index contributed by atoms with van der Waals surface area (Å²) in [6.45, 7) is 6.90. The van der Waals surface area contributed by atoms with E-state index in [4.69, 9.17) is 0 Å². The summed E-state index contributed by atoms with van der Waals surface area (Å²) in [5.41, 5.74) is 1.91. The first kappa shape index (κ1) is 28.8. The van der Waals surface area contributed by atoms with Crippen molar-refractivity contribution in [2.75, 3.05) is 10.8 Å². The number of hydrogen-bond donors (Lipinski definition) is 1. The Kier molecular flexibility index (Phi) is 9.63. The fourth-order valence-corrected chi connectivity index (χ4v) is 5.31. The molecule has 2 atom stereocenters. The number of halogens is 1. The van der Waals surface area contributed by atoms with Gasteiger partial charge in [-0.15, -0.1) is 0 Å². The second-order valence-electron chi connectivity index (χ2n) is 9.24. The molecule has 7 nitrogen and oxygen atoms in total. The highest BCUT2D eigenvalue weighted by molar-refractivity contribution is 7.92. The van der Waals surface area contributed by atoms with Crippen LogP contribution < -0.4 is 9.62 Å². The molecule has 9 heteroatoms. The lowest BCUT2D eigenvalue weighted by Crippen LogP contribution is -2.52. The summed E-state index contributed by atoms with van der Waals surface area (Å²) in [6, 6.07) is 19.2. The minimum atomic E-state index is -4.18. The molecule has 3 aromatic carbocycles. The van der Waals surface area contributed by atoms with Gasteiger partial charge in [-0.25, -0.2) is 12.8 Å². The lowest BCUT2D eigenvalue weighted by atomic mass is 10.1. The highest BCUT2D eigenvalue weighted by Crippen LogP contribution is 2.25. The molecule has 0 aromatic heterocycles. The molecule has 0 spiro atoms. The minimum Gasteiger partial charge on any atom is -0.352 e. The van der Waals surface area contributed by atoms with Crippen molar-refractivity contribution in [1.29, 1.82) is 0 Å². The van der Waals surface area contributed by atoms with Gasteiger partial charge in [-0.1, -0.05) is 49.4 Å². The molecule has 0 saturated carbocycles. The monoisotopic (exact) mass is 539 g/mol. The van der Waals surface area contributed by atoms with Crippen LogP contribution in [0.5, 0.6) is 0 Å². The Hall–Kier alpha value is -3.72. The Bertz CT molecular complexity index is 1350. The van der Waals surface area contributed by atoms with Gasteiger partial charge in [0.2, 0.25) is 11.8 Å². The van der Waals surface area contributed by atoms with Crippen molar-refractivity contribution >= 4 is 27.5 Å². The highest BCUT2D eigenvalue weighted by Gasteiger charge is 2.32. The molecular weight excluding hydrogens is 505 g/mol. The van der Waals surface area contributed by atoms with Crippen molar-refractivity contribution in [2.24, 2.45) is 0 Å². The summed E-state index contributed by atoms with van der Waals surface area (Å²) < 4.78 is 42.0. The van der Waals surface area contributed by atoms with Crippen molar-refractivity contribution in [3.63, 3.8) is 0 Å². The van der Waals surface area contributed by atoms with Crippen molar-refractivity contribution in [3.8, 4) is 0 Å². The van der Waals surface area contributed by atoms with Crippen LogP contribution in [-0.2, 0) is 26.2 Å². The summed E-state index contributed by atoms with van der Waals surface area (Å²) in [6.07, 6.45) is 0.720. The molecule has 3 aromatic rings. The van der Waals surface area contributed by atoms with Crippen LogP contribution in [0.2, 0.25) is 0 Å². The molecular formula is C29H34FN3O4S. The number of nitrogens with one attached hydrogen (secondary N) is 1. The van der Waals surface area contributed by atoms with Gasteiger partial charge in [0.05, 0.1) is 10.6 Å². The molecule has 0 saturated heterocycles. The zero-order chi connectivity index (χ0) is 27.9. The molecule has 0 aliphatic carbocycles. The van der Waals surface area contributed by atoms with Crippen molar-refractivity contribution in [3.05, 3.63) is 95.8 Å². The SMILES string of the molecule is CC[C@H](C)NC(=O)[C@H](C)N(Cc1ccccc1C)C(=O)CN(c1ccc(F)cc1)S(=O)(=O)c1ccccc1. The standard InChI is InChI=1S/C29H34FN3O4S/c1-5-22(3)31-29(35)23(4)32(19-24-12-10-9-11-21(24)2)28(34)20-33(26-17-15-25(30)16-18-26)38(36,37)27-13-7-6-8-14-27/h6-18,22-23H,5,19-20H2,1-4H3,(H,31,35)/t22-,23-/m0/s1.